The third-order valence-electron chi connectivity index (χ3n) is 7.62. The van der Waals surface area contributed by atoms with Crippen molar-refractivity contribution in [3.05, 3.63) is 132 Å². The van der Waals surface area contributed by atoms with E-state index in [0.29, 0.717) is 24.1 Å². The van der Waals surface area contributed by atoms with E-state index in [4.69, 9.17) is 12.2 Å². The molecule has 42 heavy (non-hydrogen) atoms. The van der Waals surface area contributed by atoms with Crippen LogP contribution in [0.5, 0.6) is 0 Å². The molecule has 0 radical (unpaired) electrons. The number of thiocarbonyl (C=S) groups is 1. The summed E-state index contributed by atoms with van der Waals surface area (Å²) in [6.07, 6.45) is 1.99. The minimum atomic E-state index is -0.584. The number of hydrogen-bond acceptors (Lipinski definition) is 2. The molecule has 1 unspecified atom stereocenters. The molecule has 218 valence electrons. The number of hydrogen-bond donors (Lipinski definition) is 2. The van der Waals surface area contributed by atoms with Crippen LogP contribution in [-0.4, -0.2) is 34.2 Å². The first-order chi connectivity index (χ1) is 20.4. The van der Waals surface area contributed by atoms with Crippen molar-refractivity contribution in [3.8, 4) is 0 Å². The van der Waals surface area contributed by atoms with Gasteiger partial charge < -0.3 is 15.5 Å². The van der Waals surface area contributed by atoms with Gasteiger partial charge in [0.25, 0.3) is 0 Å². The smallest absolute Gasteiger partial charge is 0.245 e. The maximum Gasteiger partial charge on any atom is 0.245 e. The van der Waals surface area contributed by atoms with E-state index in [1.54, 1.807) is 0 Å². The standard InChI is InChI=1S/C36H42N3OPS/c1-4-28(2)34(27-41(32-21-13-7-14-22-32)33-23-15-8-16-24-33)38-36(42)37-29(3)35(40)39(25-30-17-9-5-10-18-30)26-31-19-11-6-12-20-31/h5-24,28-29,34H,4,25-27H2,1-3H3,(H2,37,38,42)/t28-,29+,34?/m0/s1. The summed E-state index contributed by atoms with van der Waals surface area (Å²) >= 11 is 5.84. The molecule has 4 nitrogen and oxygen atoms in total. The summed E-state index contributed by atoms with van der Waals surface area (Å²) in [6, 6.07) is 41.5. The van der Waals surface area contributed by atoms with E-state index in [1.165, 1.54) is 10.6 Å². The normalized spacial score (nSPS) is 13.1. The molecular weight excluding hydrogens is 553 g/mol. The van der Waals surface area contributed by atoms with Gasteiger partial charge in [-0.3, -0.25) is 4.79 Å². The van der Waals surface area contributed by atoms with Gasteiger partial charge in [-0.2, -0.15) is 0 Å². The summed E-state index contributed by atoms with van der Waals surface area (Å²) in [4.78, 5) is 15.7. The Balaban J connectivity index is 1.47. The second-order valence-corrected chi connectivity index (χ2v) is 13.4. The van der Waals surface area contributed by atoms with E-state index in [2.05, 4.69) is 109 Å². The van der Waals surface area contributed by atoms with E-state index in [-0.39, 0.29) is 11.9 Å². The Morgan fingerprint density at radius 3 is 1.57 bits per heavy atom. The lowest BCUT2D eigenvalue weighted by Crippen LogP contribution is -2.53. The van der Waals surface area contributed by atoms with Crippen molar-refractivity contribution < 1.29 is 4.79 Å². The Morgan fingerprint density at radius 2 is 1.14 bits per heavy atom. The van der Waals surface area contributed by atoms with Crippen molar-refractivity contribution in [1.29, 1.82) is 0 Å². The van der Waals surface area contributed by atoms with Gasteiger partial charge in [-0.05, 0) is 60.9 Å². The van der Waals surface area contributed by atoms with Crippen LogP contribution in [0.4, 0.5) is 0 Å². The van der Waals surface area contributed by atoms with Gasteiger partial charge in [0.15, 0.2) is 5.11 Å². The first kappa shape index (κ1) is 31.4. The fraction of sp³-hybridized carbons (Fsp3) is 0.278. The summed E-state index contributed by atoms with van der Waals surface area (Å²) < 4.78 is 0. The molecule has 0 aliphatic carbocycles. The van der Waals surface area contributed by atoms with Gasteiger partial charge in [0.2, 0.25) is 5.91 Å². The highest BCUT2D eigenvalue weighted by Crippen LogP contribution is 2.36. The van der Waals surface area contributed by atoms with Crippen molar-refractivity contribution in [2.24, 2.45) is 5.92 Å². The maximum atomic E-state index is 13.8. The van der Waals surface area contributed by atoms with Crippen molar-refractivity contribution >= 4 is 41.8 Å². The first-order valence-electron chi connectivity index (χ1n) is 14.8. The summed E-state index contributed by atoms with van der Waals surface area (Å²) in [5.74, 6) is 0.420. The van der Waals surface area contributed by atoms with E-state index in [0.717, 1.165) is 23.7 Å². The summed E-state index contributed by atoms with van der Waals surface area (Å²) in [5, 5.41) is 10.2. The van der Waals surface area contributed by atoms with Gasteiger partial charge in [0.1, 0.15) is 6.04 Å². The number of benzene rings is 4. The molecule has 0 aliphatic rings. The van der Waals surface area contributed by atoms with E-state index in [1.807, 2.05) is 48.2 Å². The number of amides is 1. The van der Waals surface area contributed by atoms with Crippen LogP contribution in [0.1, 0.15) is 38.3 Å². The molecule has 4 aromatic carbocycles. The predicted octanol–water partition coefficient (Wildman–Crippen LogP) is 6.62. The third-order valence-corrected chi connectivity index (χ3v) is 10.5. The molecular formula is C36H42N3OPS. The van der Waals surface area contributed by atoms with Crippen molar-refractivity contribution in [2.45, 2.75) is 52.4 Å². The molecule has 4 rings (SSSR count). The molecule has 1 amide bonds. The minimum absolute atomic E-state index is 0.0165. The van der Waals surface area contributed by atoms with Gasteiger partial charge in [-0.25, -0.2) is 0 Å². The van der Waals surface area contributed by atoms with Gasteiger partial charge in [0.05, 0.1) is 0 Å². The Hall–Kier alpha value is -3.53. The summed E-state index contributed by atoms with van der Waals surface area (Å²) in [5.41, 5.74) is 2.20. The fourth-order valence-electron chi connectivity index (χ4n) is 4.99. The van der Waals surface area contributed by atoms with Crippen molar-refractivity contribution in [2.75, 3.05) is 6.16 Å². The van der Waals surface area contributed by atoms with Crippen LogP contribution in [0.25, 0.3) is 0 Å². The van der Waals surface area contributed by atoms with E-state index < -0.39 is 14.0 Å². The van der Waals surface area contributed by atoms with Gasteiger partial charge in [0, 0.05) is 19.1 Å². The Kier molecular flexibility index (Phi) is 12.1. The van der Waals surface area contributed by atoms with Crippen LogP contribution in [-0.2, 0) is 17.9 Å². The van der Waals surface area contributed by atoms with Crippen LogP contribution in [0.3, 0.4) is 0 Å². The van der Waals surface area contributed by atoms with Crippen LogP contribution in [0, 0.1) is 5.92 Å². The van der Waals surface area contributed by atoms with Gasteiger partial charge >= 0.3 is 0 Å². The molecule has 3 atom stereocenters. The largest absolute Gasteiger partial charge is 0.359 e. The first-order valence-corrected chi connectivity index (χ1v) is 16.7. The monoisotopic (exact) mass is 595 g/mol. The Morgan fingerprint density at radius 1 is 0.714 bits per heavy atom. The number of carbonyl (C=O) groups is 1. The zero-order valence-electron chi connectivity index (χ0n) is 24.8. The highest BCUT2D eigenvalue weighted by Gasteiger charge is 2.26. The molecule has 0 bridgehead atoms. The maximum absolute atomic E-state index is 13.8. The highest BCUT2D eigenvalue weighted by molar-refractivity contribution is 7.80. The number of rotatable bonds is 13. The van der Waals surface area contributed by atoms with Gasteiger partial charge in [-0.1, -0.05) is 142 Å². The average Bonchev–Trinajstić information content (AvgIpc) is 3.03. The van der Waals surface area contributed by atoms with Crippen LogP contribution in [0.15, 0.2) is 121 Å². The zero-order chi connectivity index (χ0) is 29.7. The van der Waals surface area contributed by atoms with E-state index >= 15 is 0 Å². The fourth-order valence-corrected chi connectivity index (χ4v) is 7.94. The quantitative estimate of drug-likeness (QED) is 0.135. The lowest BCUT2D eigenvalue weighted by Gasteiger charge is -2.32. The predicted molar refractivity (Wildman–Crippen MR) is 183 cm³/mol. The van der Waals surface area contributed by atoms with Gasteiger partial charge in [-0.15, -0.1) is 0 Å². The molecule has 0 heterocycles. The highest BCUT2D eigenvalue weighted by atomic mass is 32.1. The average molecular weight is 596 g/mol. The van der Waals surface area contributed by atoms with Crippen molar-refractivity contribution in [3.63, 3.8) is 0 Å². The molecule has 0 aromatic heterocycles. The SMILES string of the molecule is CC[C@H](C)C(CP(c1ccccc1)c1ccccc1)NC(=S)N[C@H](C)C(=O)N(Cc1ccccc1)Cc1ccccc1. The molecule has 0 saturated carbocycles. The molecule has 2 N–H and O–H groups in total. The lowest BCUT2D eigenvalue weighted by atomic mass is 10.0. The topological polar surface area (TPSA) is 44.4 Å². The molecule has 0 saturated heterocycles. The zero-order valence-corrected chi connectivity index (χ0v) is 26.5. The second kappa shape index (κ2) is 16.2. The minimum Gasteiger partial charge on any atom is -0.359 e. The molecule has 0 aliphatic heterocycles. The number of carbonyl (C=O) groups excluding carboxylic acids is 1. The number of nitrogens with zero attached hydrogens (tertiary/aromatic N) is 1. The van der Waals surface area contributed by atoms with Crippen LogP contribution >= 0.6 is 20.1 Å². The van der Waals surface area contributed by atoms with E-state index in [9.17, 15) is 4.79 Å². The third kappa shape index (κ3) is 9.24. The lowest BCUT2D eigenvalue weighted by molar-refractivity contribution is -0.133. The van der Waals surface area contributed by atoms with Crippen LogP contribution < -0.4 is 21.2 Å². The summed E-state index contributed by atoms with van der Waals surface area (Å²) in [7, 11) is -0.584. The van der Waals surface area contributed by atoms with Crippen molar-refractivity contribution in [1.82, 2.24) is 15.5 Å². The molecule has 0 spiro atoms. The molecule has 6 heteroatoms. The van der Waals surface area contributed by atoms with Crippen LogP contribution in [0.2, 0.25) is 0 Å². The molecule has 0 fully saturated rings. The Bertz CT molecular complexity index is 1290. The second-order valence-electron chi connectivity index (χ2n) is 10.8. The molecule has 4 aromatic rings. The Labute approximate surface area is 258 Å². The number of nitrogens with one attached hydrogen (secondary N) is 2. The summed E-state index contributed by atoms with van der Waals surface area (Å²) in [6.45, 7) is 7.47.